The summed E-state index contributed by atoms with van der Waals surface area (Å²) in [4.78, 5) is 24.8. The molecule has 0 spiro atoms. The van der Waals surface area contributed by atoms with Gasteiger partial charge in [0.05, 0.1) is 17.5 Å². The highest BCUT2D eigenvalue weighted by Gasteiger charge is 2.16. The first-order valence-electron chi connectivity index (χ1n) is 8.10. The molecule has 2 rings (SSSR count). The lowest BCUT2D eigenvalue weighted by Gasteiger charge is -2.18. The van der Waals surface area contributed by atoms with Gasteiger partial charge in [-0.3, -0.25) is 9.59 Å². The van der Waals surface area contributed by atoms with E-state index in [-0.39, 0.29) is 30.6 Å². The fraction of sp³-hybridized carbons (Fsp3) is 0.368. The maximum Gasteiger partial charge on any atom is 0.220 e. The molecule has 1 amide bonds. The maximum absolute atomic E-state index is 12.2. The second kappa shape index (κ2) is 8.64. The molecular weight excluding hydrogens is 322 g/mol. The molecule has 1 aromatic heterocycles. The minimum atomic E-state index is -0.171. The van der Waals surface area contributed by atoms with Gasteiger partial charge in [0.2, 0.25) is 5.91 Å². The zero-order chi connectivity index (χ0) is 17.5. The smallest absolute Gasteiger partial charge is 0.220 e. The van der Waals surface area contributed by atoms with Crippen LogP contribution in [0.5, 0.6) is 5.75 Å². The van der Waals surface area contributed by atoms with Crippen molar-refractivity contribution in [2.24, 2.45) is 0 Å². The van der Waals surface area contributed by atoms with Crippen LogP contribution in [0.4, 0.5) is 0 Å². The Labute approximate surface area is 146 Å². The Bertz CT molecular complexity index is 695. The average Bonchev–Trinajstić information content (AvgIpc) is 3.09. The predicted octanol–water partition coefficient (Wildman–Crippen LogP) is 4.30. The monoisotopic (exact) mass is 345 g/mol. The third-order valence-corrected chi connectivity index (χ3v) is 4.60. The van der Waals surface area contributed by atoms with E-state index in [2.05, 4.69) is 5.32 Å². The Morgan fingerprint density at radius 3 is 2.71 bits per heavy atom. The number of amides is 1. The molecule has 4 nitrogen and oxygen atoms in total. The summed E-state index contributed by atoms with van der Waals surface area (Å²) in [5.74, 6) is 0.667. The number of carbonyl (C=O) groups is 2. The number of hydrogen-bond acceptors (Lipinski definition) is 4. The molecule has 1 aromatic carbocycles. The molecule has 0 aliphatic rings. The van der Waals surface area contributed by atoms with Crippen LogP contribution in [0, 0.1) is 6.92 Å². The Morgan fingerprint density at radius 1 is 1.25 bits per heavy atom. The molecule has 0 aliphatic heterocycles. The van der Waals surface area contributed by atoms with Gasteiger partial charge in [0.15, 0.2) is 5.78 Å². The zero-order valence-corrected chi connectivity index (χ0v) is 15.1. The van der Waals surface area contributed by atoms with Gasteiger partial charge >= 0.3 is 0 Å². The van der Waals surface area contributed by atoms with Gasteiger partial charge in [0, 0.05) is 18.4 Å². The Hall–Kier alpha value is -2.14. The lowest BCUT2D eigenvalue weighted by atomic mass is 10.0. The van der Waals surface area contributed by atoms with E-state index in [1.54, 1.807) is 6.07 Å². The average molecular weight is 345 g/mol. The molecule has 24 heavy (non-hydrogen) atoms. The van der Waals surface area contributed by atoms with E-state index in [1.165, 1.54) is 11.3 Å². The first kappa shape index (κ1) is 18.2. The molecule has 0 saturated heterocycles. The van der Waals surface area contributed by atoms with Gasteiger partial charge in [-0.1, -0.05) is 23.8 Å². The van der Waals surface area contributed by atoms with E-state index in [0.29, 0.717) is 11.5 Å². The van der Waals surface area contributed by atoms with E-state index in [1.807, 2.05) is 50.4 Å². The van der Waals surface area contributed by atoms with Crippen LogP contribution in [0.2, 0.25) is 0 Å². The summed E-state index contributed by atoms with van der Waals surface area (Å²) in [6, 6.07) is 9.39. The van der Waals surface area contributed by atoms with Crippen molar-refractivity contribution in [2.45, 2.75) is 39.7 Å². The van der Waals surface area contributed by atoms with E-state index in [9.17, 15) is 9.59 Å². The molecule has 5 heteroatoms. The van der Waals surface area contributed by atoms with Crippen molar-refractivity contribution in [1.29, 1.82) is 0 Å². The Balaban J connectivity index is 1.94. The number of aryl methyl sites for hydroxylation is 1. The summed E-state index contributed by atoms with van der Waals surface area (Å²) in [5, 5.41) is 4.82. The molecule has 0 radical (unpaired) electrons. The Morgan fingerprint density at radius 2 is 2.04 bits per heavy atom. The van der Waals surface area contributed by atoms with Crippen LogP contribution in [-0.4, -0.2) is 18.3 Å². The molecule has 2 aromatic rings. The van der Waals surface area contributed by atoms with E-state index in [0.717, 1.165) is 16.9 Å². The third-order valence-electron chi connectivity index (χ3n) is 3.68. The van der Waals surface area contributed by atoms with Crippen molar-refractivity contribution in [1.82, 2.24) is 5.32 Å². The number of ether oxygens (including phenoxy) is 1. The third kappa shape index (κ3) is 4.93. The summed E-state index contributed by atoms with van der Waals surface area (Å²) < 4.78 is 5.64. The van der Waals surface area contributed by atoms with Crippen LogP contribution in [0.15, 0.2) is 35.7 Å². The summed E-state index contributed by atoms with van der Waals surface area (Å²) >= 11 is 1.40. The number of ketones is 1. The highest BCUT2D eigenvalue weighted by molar-refractivity contribution is 7.12. The fourth-order valence-electron chi connectivity index (χ4n) is 2.47. The molecule has 1 heterocycles. The van der Waals surface area contributed by atoms with Crippen LogP contribution in [-0.2, 0) is 4.79 Å². The lowest BCUT2D eigenvalue weighted by Crippen LogP contribution is -2.27. The summed E-state index contributed by atoms with van der Waals surface area (Å²) in [5.41, 5.74) is 2.07. The quantitative estimate of drug-likeness (QED) is 0.726. The second-order valence-corrected chi connectivity index (χ2v) is 6.61. The Kier molecular flexibility index (Phi) is 6.55. The van der Waals surface area contributed by atoms with Gasteiger partial charge in [-0.25, -0.2) is 0 Å². The molecule has 0 fully saturated rings. The number of Topliss-reactive ketones (excluding diaryl/α,β-unsaturated/α-hetero) is 1. The summed E-state index contributed by atoms with van der Waals surface area (Å²) in [6.07, 6.45) is 0.419. The van der Waals surface area contributed by atoms with Crippen molar-refractivity contribution in [2.75, 3.05) is 6.61 Å². The van der Waals surface area contributed by atoms with Crippen LogP contribution in [0.1, 0.15) is 53.5 Å². The van der Waals surface area contributed by atoms with Gasteiger partial charge in [-0.15, -0.1) is 11.3 Å². The van der Waals surface area contributed by atoms with Gasteiger partial charge in [0.1, 0.15) is 5.75 Å². The number of carbonyl (C=O) groups excluding carboxylic acids is 2. The summed E-state index contributed by atoms with van der Waals surface area (Å²) in [7, 11) is 0. The zero-order valence-electron chi connectivity index (χ0n) is 14.3. The van der Waals surface area contributed by atoms with Gasteiger partial charge in [-0.05, 0) is 38.3 Å². The number of nitrogens with one attached hydrogen (secondary N) is 1. The highest BCUT2D eigenvalue weighted by atomic mass is 32.1. The van der Waals surface area contributed by atoms with Crippen molar-refractivity contribution < 1.29 is 14.3 Å². The highest BCUT2D eigenvalue weighted by Crippen LogP contribution is 2.26. The largest absolute Gasteiger partial charge is 0.494 e. The molecule has 1 N–H and O–H groups in total. The standard InChI is InChI=1S/C19H23NO3S/c1-4-23-17-9-7-13(2)12-15(17)14(3)20-19(22)10-8-16(21)18-6-5-11-24-18/h5-7,9,11-12,14H,4,8,10H2,1-3H3,(H,20,22). The molecule has 0 aliphatic carbocycles. The second-order valence-electron chi connectivity index (χ2n) is 5.66. The molecule has 0 saturated carbocycles. The number of rotatable bonds is 8. The van der Waals surface area contributed by atoms with Crippen molar-refractivity contribution >= 4 is 23.0 Å². The minimum absolute atomic E-state index is 0.0124. The number of hydrogen-bond donors (Lipinski definition) is 1. The molecule has 1 atom stereocenters. The molecule has 1 unspecified atom stereocenters. The number of thiophene rings is 1. The lowest BCUT2D eigenvalue weighted by molar-refractivity contribution is -0.121. The van der Waals surface area contributed by atoms with Crippen molar-refractivity contribution in [3.63, 3.8) is 0 Å². The predicted molar refractivity (Wildman–Crippen MR) is 96.8 cm³/mol. The first-order valence-corrected chi connectivity index (χ1v) is 8.98. The van der Waals surface area contributed by atoms with E-state index < -0.39 is 0 Å². The van der Waals surface area contributed by atoms with Gasteiger partial charge in [-0.2, -0.15) is 0 Å². The van der Waals surface area contributed by atoms with Gasteiger partial charge in [0.25, 0.3) is 0 Å². The van der Waals surface area contributed by atoms with Gasteiger partial charge < -0.3 is 10.1 Å². The van der Waals surface area contributed by atoms with Crippen LogP contribution in [0.3, 0.4) is 0 Å². The van der Waals surface area contributed by atoms with E-state index in [4.69, 9.17) is 4.74 Å². The van der Waals surface area contributed by atoms with Crippen molar-refractivity contribution in [3.8, 4) is 5.75 Å². The van der Waals surface area contributed by atoms with Crippen LogP contribution >= 0.6 is 11.3 Å². The molecule has 128 valence electrons. The van der Waals surface area contributed by atoms with Crippen molar-refractivity contribution in [3.05, 3.63) is 51.7 Å². The van der Waals surface area contributed by atoms with Crippen LogP contribution < -0.4 is 10.1 Å². The van der Waals surface area contributed by atoms with E-state index >= 15 is 0 Å². The minimum Gasteiger partial charge on any atom is -0.494 e. The molecule has 0 bridgehead atoms. The SMILES string of the molecule is CCOc1ccc(C)cc1C(C)NC(=O)CCC(=O)c1cccs1. The summed E-state index contributed by atoms with van der Waals surface area (Å²) in [6.45, 7) is 6.44. The van der Waals surface area contributed by atoms with Crippen LogP contribution in [0.25, 0.3) is 0 Å². The fourth-order valence-corrected chi connectivity index (χ4v) is 3.17. The topological polar surface area (TPSA) is 55.4 Å². The first-order chi connectivity index (χ1) is 11.5. The number of benzene rings is 1. The normalized spacial score (nSPS) is 11.8. The maximum atomic E-state index is 12.2. The molecular formula is C19H23NO3S.